The number of benzene rings is 1. The second-order valence-corrected chi connectivity index (χ2v) is 12.1. The molecule has 3 aliphatic carbocycles. The van der Waals surface area contributed by atoms with Crippen LogP contribution in [0.25, 0.3) is 0 Å². The van der Waals surface area contributed by atoms with E-state index in [2.05, 4.69) is 25.2 Å². The Labute approximate surface area is 215 Å². The first-order valence-corrected chi connectivity index (χ1v) is 12.9. The number of nitrogens with zero attached hydrogens (tertiary/aromatic N) is 2. The SMILES string of the molecule is CC1(C)[C@@H]2C(C(=O)N[C@H](C#N)C[C@@H]3CC4(CC4)CC3=O)N(C(=O)COc3ccc(Cl)cc3Cl)C[C@@H]21. The van der Waals surface area contributed by atoms with E-state index >= 15 is 0 Å². The van der Waals surface area contributed by atoms with E-state index in [0.29, 0.717) is 35.2 Å². The number of likely N-dealkylation sites (tertiary alicyclic amines) is 1. The molecule has 5 rings (SSSR count). The predicted octanol–water partition coefficient (Wildman–Crippen LogP) is 4.01. The first-order chi connectivity index (χ1) is 16.5. The van der Waals surface area contributed by atoms with Gasteiger partial charge in [0.1, 0.15) is 23.6 Å². The van der Waals surface area contributed by atoms with E-state index in [1.54, 1.807) is 17.0 Å². The maximum Gasteiger partial charge on any atom is 0.261 e. The molecule has 0 radical (unpaired) electrons. The fourth-order valence-electron chi connectivity index (χ4n) is 6.34. The molecule has 7 nitrogen and oxygen atoms in total. The summed E-state index contributed by atoms with van der Waals surface area (Å²) in [4.78, 5) is 40.5. The second kappa shape index (κ2) is 8.67. The summed E-state index contributed by atoms with van der Waals surface area (Å²) in [7, 11) is 0. The van der Waals surface area contributed by atoms with Crippen LogP contribution in [0.15, 0.2) is 18.2 Å². The van der Waals surface area contributed by atoms with Crippen LogP contribution in [0.2, 0.25) is 10.0 Å². The van der Waals surface area contributed by atoms with Gasteiger partial charge in [-0.15, -0.1) is 0 Å². The fourth-order valence-corrected chi connectivity index (χ4v) is 6.80. The number of hydrogen-bond acceptors (Lipinski definition) is 5. The van der Waals surface area contributed by atoms with Crippen molar-refractivity contribution >= 4 is 40.8 Å². The normalized spacial score (nSPS) is 29.9. The quantitative estimate of drug-likeness (QED) is 0.588. The third-order valence-electron chi connectivity index (χ3n) is 8.68. The molecule has 1 aromatic rings. The number of carbonyl (C=O) groups excluding carboxylic acids is 3. The number of ether oxygens (including phenoxy) is 1. The van der Waals surface area contributed by atoms with Crippen LogP contribution in [0.1, 0.15) is 46.0 Å². The topological polar surface area (TPSA) is 99.5 Å². The molecule has 0 bridgehead atoms. The Bertz CT molecular complexity index is 1130. The number of rotatable bonds is 7. The Morgan fingerprint density at radius 1 is 1.31 bits per heavy atom. The average Bonchev–Trinajstić information content (AvgIpc) is 3.51. The lowest BCUT2D eigenvalue weighted by Gasteiger charge is -2.30. The standard InChI is InChI=1S/C26H29Cl2N3O4/c1-25(2)17-12-31(21(33)13-35-20-4-3-15(27)8-18(20)28)23(22(17)25)24(34)30-16(11-29)7-14-9-26(5-6-26)10-19(14)32/h3-4,8,14,16-17,22-23H,5-7,9-10,12-13H2,1-2H3,(H,30,34)/t14-,16+,17+,22+,23?/m1/s1. The van der Waals surface area contributed by atoms with Gasteiger partial charge in [0.25, 0.3) is 5.91 Å². The molecule has 4 aliphatic rings. The maximum absolute atomic E-state index is 13.4. The van der Waals surface area contributed by atoms with E-state index in [9.17, 15) is 19.6 Å². The summed E-state index contributed by atoms with van der Waals surface area (Å²) in [6, 6.07) is 5.50. The van der Waals surface area contributed by atoms with Gasteiger partial charge in [-0.1, -0.05) is 37.0 Å². The number of carbonyl (C=O) groups is 3. The van der Waals surface area contributed by atoms with Crippen molar-refractivity contribution in [3.63, 3.8) is 0 Å². The van der Waals surface area contributed by atoms with Crippen molar-refractivity contribution in [2.75, 3.05) is 13.2 Å². The maximum atomic E-state index is 13.4. The van der Waals surface area contributed by atoms with Gasteiger partial charge in [0.2, 0.25) is 5.91 Å². The summed E-state index contributed by atoms with van der Waals surface area (Å²) in [5, 5.41) is 13.3. The largest absolute Gasteiger partial charge is 0.482 e. The minimum atomic E-state index is -0.757. The summed E-state index contributed by atoms with van der Waals surface area (Å²) >= 11 is 12.1. The monoisotopic (exact) mass is 517 g/mol. The Balaban J connectivity index is 1.24. The van der Waals surface area contributed by atoms with Crippen molar-refractivity contribution in [3.05, 3.63) is 28.2 Å². The van der Waals surface area contributed by atoms with Gasteiger partial charge in [0.15, 0.2) is 6.61 Å². The zero-order valence-electron chi connectivity index (χ0n) is 19.9. The van der Waals surface area contributed by atoms with Crippen molar-refractivity contribution < 1.29 is 19.1 Å². The molecule has 1 aromatic carbocycles. The molecule has 9 heteroatoms. The molecule has 5 atom stereocenters. The van der Waals surface area contributed by atoms with Gasteiger partial charge in [-0.25, -0.2) is 0 Å². The minimum Gasteiger partial charge on any atom is -0.482 e. The molecule has 1 N–H and O–H groups in total. The molecule has 1 unspecified atom stereocenters. The van der Waals surface area contributed by atoms with Crippen LogP contribution in [-0.2, 0) is 14.4 Å². The lowest BCUT2D eigenvalue weighted by atomic mass is 9.95. The molecular formula is C26H29Cl2N3O4. The average molecular weight is 518 g/mol. The molecule has 2 amide bonds. The van der Waals surface area contributed by atoms with Gasteiger partial charge in [0.05, 0.1) is 11.1 Å². The number of piperidine rings is 1. The van der Waals surface area contributed by atoms with Gasteiger partial charge in [-0.05, 0) is 66.5 Å². The third-order valence-corrected chi connectivity index (χ3v) is 9.21. The molecule has 3 saturated carbocycles. The molecule has 1 saturated heterocycles. The van der Waals surface area contributed by atoms with Gasteiger partial charge in [-0.2, -0.15) is 5.26 Å². The highest BCUT2D eigenvalue weighted by molar-refractivity contribution is 6.35. The van der Waals surface area contributed by atoms with Crippen LogP contribution >= 0.6 is 23.2 Å². The van der Waals surface area contributed by atoms with Crippen LogP contribution < -0.4 is 10.1 Å². The highest BCUT2D eigenvalue weighted by Gasteiger charge is 2.69. The fraction of sp³-hybridized carbons (Fsp3) is 0.615. The summed E-state index contributed by atoms with van der Waals surface area (Å²) < 4.78 is 5.62. The summed E-state index contributed by atoms with van der Waals surface area (Å²) in [5.74, 6) is -0.0362. The van der Waals surface area contributed by atoms with Crippen molar-refractivity contribution in [2.45, 2.75) is 58.0 Å². The molecular weight excluding hydrogens is 489 g/mol. The number of Topliss-reactive ketones (excluding diaryl/α,β-unsaturated/α-hetero) is 1. The number of halogens is 2. The Morgan fingerprint density at radius 2 is 2.06 bits per heavy atom. The van der Waals surface area contributed by atoms with Crippen LogP contribution in [0.3, 0.4) is 0 Å². The molecule has 186 valence electrons. The third kappa shape index (κ3) is 4.51. The van der Waals surface area contributed by atoms with E-state index in [-0.39, 0.29) is 52.8 Å². The Morgan fingerprint density at radius 3 is 2.69 bits per heavy atom. The molecule has 35 heavy (non-hydrogen) atoms. The van der Waals surface area contributed by atoms with Gasteiger partial charge < -0.3 is 15.0 Å². The number of fused-ring (bicyclic) bond motifs is 1. The van der Waals surface area contributed by atoms with Crippen molar-refractivity contribution in [2.24, 2.45) is 28.6 Å². The highest BCUT2D eigenvalue weighted by atomic mass is 35.5. The van der Waals surface area contributed by atoms with Crippen LogP contribution in [0.4, 0.5) is 0 Å². The lowest BCUT2D eigenvalue weighted by molar-refractivity contribution is -0.142. The molecule has 1 aliphatic heterocycles. The zero-order valence-corrected chi connectivity index (χ0v) is 21.4. The van der Waals surface area contributed by atoms with Crippen molar-refractivity contribution in [1.29, 1.82) is 5.26 Å². The number of hydrogen-bond donors (Lipinski definition) is 1. The van der Waals surface area contributed by atoms with Crippen LogP contribution in [0.5, 0.6) is 5.75 Å². The smallest absolute Gasteiger partial charge is 0.261 e. The molecule has 1 heterocycles. The summed E-state index contributed by atoms with van der Waals surface area (Å²) in [5.41, 5.74) is 0.111. The minimum absolute atomic E-state index is 0.0211. The van der Waals surface area contributed by atoms with Crippen molar-refractivity contribution in [1.82, 2.24) is 10.2 Å². The summed E-state index contributed by atoms with van der Waals surface area (Å²) in [6.07, 6.45) is 3.92. The highest BCUT2D eigenvalue weighted by Crippen LogP contribution is 2.65. The van der Waals surface area contributed by atoms with Crippen LogP contribution in [0, 0.1) is 39.9 Å². The number of nitriles is 1. The lowest BCUT2D eigenvalue weighted by Crippen LogP contribution is -2.53. The first kappa shape index (κ1) is 24.4. The van der Waals surface area contributed by atoms with Crippen LogP contribution in [-0.4, -0.2) is 47.7 Å². The van der Waals surface area contributed by atoms with E-state index in [1.807, 2.05) is 0 Å². The van der Waals surface area contributed by atoms with E-state index in [1.165, 1.54) is 6.07 Å². The van der Waals surface area contributed by atoms with Gasteiger partial charge in [-0.3, -0.25) is 14.4 Å². The van der Waals surface area contributed by atoms with Gasteiger partial charge in [0, 0.05) is 23.9 Å². The second-order valence-electron chi connectivity index (χ2n) is 11.3. The van der Waals surface area contributed by atoms with E-state index in [4.69, 9.17) is 27.9 Å². The molecule has 1 spiro atoms. The first-order valence-electron chi connectivity index (χ1n) is 12.1. The Hall–Kier alpha value is -2.30. The van der Waals surface area contributed by atoms with Crippen molar-refractivity contribution in [3.8, 4) is 11.8 Å². The molecule has 4 fully saturated rings. The molecule has 0 aromatic heterocycles. The number of nitrogens with one attached hydrogen (secondary N) is 1. The van der Waals surface area contributed by atoms with E-state index < -0.39 is 12.1 Å². The predicted molar refractivity (Wildman–Crippen MR) is 130 cm³/mol. The zero-order chi connectivity index (χ0) is 25.1. The summed E-state index contributed by atoms with van der Waals surface area (Å²) in [6.45, 7) is 4.41. The Kier molecular flexibility index (Phi) is 6.04. The van der Waals surface area contributed by atoms with E-state index in [0.717, 1.165) is 19.3 Å². The van der Waals surface area contributed by atoms with Gasteiger partial charge >= 0.3 is 0 Å². The number of ketones is 1. The number of amides is 2.